The van der Waals surface area contributed by atoms with Gasteiger partial charge in [0, 0.05) is 0 Å². The number of nitrogens with zero attached hydrogens (tertiary/aromatic N) is 1. The molecule has 7 nitrogen and oxygen atoms in total. The van der Waals surface area contributed by atoms with E-state index in [9.17, 15) is 9.59 Å². The van der Waals surface area contributed by atoms with Gasteiger partial charge in [-0.2, -0.15) is 0 Å². The van der Waals surface area contributed by atoms with E-state index >= 15 is 0 Å². The van der Waals surface area contributed by atoms with Gasteiger partial charge in [-0.15, -0.1) is 0 Å². The van der Waals surface area contributed by atoms with Gasteiger partial charge in [-0.1, -0.05) is 0 Å². The topological polar surface area (TPSA) is 82.6 Å². The molecule has 1 aliphatic heterocycles. The molecular formula is C10H13IN2O5Te. The summed E-state index contributed by atoms with van der Waals surface area (Å²) in [6, 6.07) is 1.33. The molecule has 1 N–H and O–H groups in total. The molecule has 2 heterocycles. The first-order valence-electron chi connectivity index (χ1n) is 5.55. The van der Waals surface area contributed by atoms with Crippen LogP contribution in [0, 0.1) is 0 Å². The quantitative estimate of drug-likeness (QED) is 0.281. The van der Waals surface area contributed by atoms with Crippen LogP contribution in [0.25, 0.3) is 0 Å². The number of hydrogen-bond acceptors (Lipinski definition) is 5. The zero-order valence-electron chi connectivity index (χ0n) is 10.1. The first-order valence-corrected chi connectivity index (χ1v) is 10.1. The van der Waals surface area contributed by atoms with Crippen LogP contribution >= 0.6 is 23.0 Å². The second-order valence-electron chi connectivity index (χ2n) is 4.02. The van der Waals surface area contributed by atoms with Crippen LogP contribution in [0.2, 0.25) is 8.94 Å². The number of ether oxygens (including phenoxy) is 1. The van der Waals surface area contributed by atoms with Crippen molar-refractivity contribution in [2.45, 2.75) is 27.7 Å². The predicted octanol–water partition coefficient (Wildman–Crippen LogP) is 0.663. The molecular weight excluding hydrogens is 483 g/mol. The molecule has 0 aromatic carbocycles. The van der Waals surface area contributed by atoms with Crippen molar-refractivity contribution in [3.05, 3.63) is 33.1 Å². The van der Waals surface area contributed by atoms with Crippen LogP contribution in [0.5, 0.6) is 0 Å². The third kappa shape index (κ3) is 3.80. The first kappa shape index (κ1) is 15.5. The molecule has 2 rings (SSSR count). The van der Waals surface area contributed by atoms with Gasteiger partial charge in [0.25, 0.3) is 0 Å². The summed E-state index contributed by atoms with van der Waals surface area (Å²) >= 11 is 1.37. The SMILES string of the molecule is C[Te]C1CC(COOI)OC1n1ccc(=O)[nH]c1=O. The number of aromatic nitrogens is 2. The summed E-state index contributed by atoms with van der Waals surface area (Å²) < 4.78 is 12.2. The summed E-state index contributed by atoms with van der Waals surface area (Å²) in [6.45, 7) is 0.334. The van der Waals surface area contributed by atoms with E-state index in [1.165, 1.54) is 16.8 Å². The van der Waals surface area contributed by atoms with E-state index in [0.717, 1.165) is 6.42 Å². The molecule has 3 atom stereocenters. The van der Waals surface area contributed by atoms with Crippen molar-refractivity contribution in [2.75, 3.05) is 6.61 Å². The molecule has 0 bridgehead atoms. The zero-order chi connectivity index (χ0) is 13.8. The summed E-state index contributed by atoms with van der Waals surface area (Å²) in [4.78, 5) is 32.2. The Kier molecular flexibility index (Phi) is 5.86. The molecule has 1 aliphatic rings. The average molecular weight is 496 g/mol. The molecule has 106 valence electrons. The third-order valence-electron chi connectivity index (χ3n) is 2.87. The Morgan fingerprint density at radius 2 is 2.42 bits per heavy atom. The van der Waals surface area contributed by atoms with Crippen LogP contribution in [0.15, 0.2) is 21.9 Å². The summed E-state index contributed by atoms with van der Waals surface area (Å²) in [5.41, 5.74) is -0.836. The molecule has 1 aromatic heterocycles. The van der Waals surface area contributed by atoms with Crippen molar-refractivity contribution >= 4 is 43.9 Å². The molecule has 0 aliphatic carbocycles. The van der Waals surface area contributed by atoms with E-state index in [1.807, 2.05) is 0 Å². The van der Waals surface area contributed by atoms with Crippen LogP contribution in [-0.4, -0.2) is 43.2 Å². The number of hydrogen-bond donors (Lipinski definition) is 1. The number of halogens is 1. The van der Waals surface area contributed by atoms with Crippen molar-refractivity contribution in [2.24, 2.45) is 0 Å². The summed E-state index contributed by atoms with van der Waals surface area (Å²) in [7, 11) is 0. The number of H-pyrrole nitrogens is 1. The van der Waals surface area contributed by atoms with Gasteiger partial charge in [-0.05, 0) is 0 Å². The number of aromatic amines is 1. The molecule has 9 heteroatoms. The van der Waals surface area contributed by atoms with E-state index in [1.54, 1.807) is 23.0 Å². The van der Waals surface area contributed by atoms with Crippen molar-refractivity contribution < 1.29 is 12.8 Å². The fraction of sp³-hybridized carbons (Fsp3) is 0.600. The Bertz CT molecular complexity index is 533. The maximum atomic E-state index is 11.8. The molecule has 3 unspecified atom stereocenters. The molecule has 1 fully saturated rings. The summed E-state index contributed by atoms with van der Waals surface area (Å²) in [6.07, 6.45) is 1.92. The van der Waals surface area contributed by atoms with Crippen LogP contribution in [0.1, 0.15) is 12.6 Å². The Hall–Kier alpha value is 0.0796. The van der Waals surface area contributed by atoms with E-state index in [-0.39, 0.29) is 33.3 Å². The van der Waals surface area contributed by atoms with Gasteiger partial charge in [-0.3, -0.25) is 0 Å². The van der Waals surface area contributed by atoms with E-state index in [4.69, 9.17) is 9.62 Å². The van der Waals surface area contributed by atoms with Gasteiger partial charge in [0.2, 0.25) is 0 Å². The van der Waals surface area contributed by atoms with Crippen molar-refractivity contribution in [1.29, 1.82) is 0 Å². The molecule has 0 spiro atoms. The van der Waals surface area contributed by atoms with Crippen LogP contribution in [0.4, 0.5) is 0 Å². The van der Waals surface area contributed by atoms with E-state index < -0.39 is 11.2 Å². The van der Waals surface area contributed by atoms with Crippen LogP contribution in [-0.2, 0) is 12.8 Å². The maximum absolute atomic E-state index is 11.8. The Labute approximate surface area is 133 Å². The second-order valence-corrected chi connectivity index (χ2v) is 7.46. The first-order chi connectivity index (χ1) is 9.15. The van der Waals surface area contributed by atoms with Gasteiger partial charge >= 0.3 is 134 Å². The minimum absolute atomic E-state index is 0.0892. The standard InChI is InChI=1S/C10H13IN2O5Te/c1-19-7-4-6(5-16-18-11)17-9(7)13-3-2-8(14)12-10(13)15/h2-3,6-7,9H,4-5H2,1H3,(H,12,14,15). The Balaban J connectivity index is 2.18. The monoisotopic (exact) mass is 498 g/mol. The minimum atomic E-state index is -0.435. The van der Waals surface area contributed by atoms with Gasteiger partial charge in [0.15, 0.2) is 0 Å². The van der Waals surface area contributed by atoms with E-state index in [2.05, 4.69) is 13.2 Å². The molecule has 0 radical (unpaired) electrons. The third-order valence-corrected chi connectivity index (χ3v) is 6.07. The molecule has 1 aromatic rings. The summed E-state index contributed by atoms with van der Waals surface area (Å²) in [5, 5.41) is 0. The molecule has 1 saturated heterocycles. The molecule has 19 heavy (non-hydrogen) atoms. The van der Waals surface area contributed by atoms with Gasteiger partial charge in [-0.25, -0.2) is 0 Å². The predicted molar refractivity (Wildman–Crippen MR) is 76.3 cm³/mol. The second kappa shape index (κ2) is 7.19. The zero-order valence-corrected chi connectivity index (χ0v) is 14.6. The fourth-order valence-corrected chi connectivity index (χ4v) is 4.54. The molecule has 0 amide bonds. The fourth-order valence-electron chi connectivity index (χ4n) is 2.01. The van der Waals surface area contributed by atoms with Crippen LogP contribution in [0.3, 0.4) is 0 Å². The summed E-state index contributed by atoms with van der Waals surface area (Å²) in [5.74, 6) is 0. The normalized spacial score (nSPS) is 26.7. The van der Waals surface area contributed by atoms with Gasteiger partial charge in [0.1, 0.15) is 0 Å². The Morgan fingerprint density at radius 3 is 3.05 bits per heavy atom. The van der Waals surface area contributed by atoms with Crippen molar-refractivity contribution in [1.82, 2.24) is 9.55 Å². The number of rotatable bonds is 5. The van der Waals surface area contributed by atoms with Crippen molar-refractivity contribution in [3.63, 3.8) is 0 Å². The Morgan fingerprint density at radius 1 is 1.63 bits per heavy atom. The molecule has 0 saturated carbocycles. The van der Waals surface area contributed by atoms with Crippen LogP contribution < -0.4 is 11.2 Å². The van der Waals surface area contributed by atoms with E-state index in [0.29, 0.717) is 10.6 Å². The van der Waals surface area contributed by atoms with Gasteiger partial charge in [0.05, 0.1) is 0 Å². The van der Waals surface area contributed by atoms with Gasteiger partial charge < -0.3 is 0 Å². The average Bonchev–Trinajstić information content (AvgIpc) is 2.79. The van der Waals surface area contributed by atoms with Crippen molar-refractivity contribution in [3.8, 4) is 0 Å². The number of nitrogens with one attached hydrogen (secondary N) is 1.